The highest BCUT2D eigenvalue weighted by Crippen LogP contribution is 2.34. The number of benzene rings is 2. The molecule has 0 unspecified atom stereocenters. The van der Waals surface area contributed by atoms with Gasteiger partial charge in [0.1, 0.15) is 13.2 Å². The van der Waals surface area contributed by atoms with Crippen molar-refractivity contribution < 1.29 is 27.1 Å². The standard InChI is InChI=1S/C23H24N4O6S/c1-15-8-10-27(11-9-15)34(29,30)18-5-2-16(3-6-18)21(28)24-23-26-25-22(33-23)17-4-7-19-20(14-17)32-13-12-31-19/h2-7,14-15H,8-13H2,1H3,(H,24,26,28). The van der Waals surface area contributed by atoms with E-state index < -0.39 is 15.9 Å². The van der Waals surface area contributed by atoms with Gasteiger partial charge in [-0.25, -0.2) is 8.42 Å². The first-order chi connectivity index (χ1) is 16.4. The van der Waals surface area contributed by atoms with Crippen LogP contribution in [0.15, 0.2) is 51.8 Å². The van der Waals surface area contributed by atoms with Gasteiger partial charge in [-0.3, -0.25) is 10.1 Å². The van der Waals surface area contributed by atoms with Crippen molar-refractivity contribution in [1.29, 1.82) is 0 Å². The molecule has 1 N–H and O–H groups in total. The second-order valence-electron chi connectivity index (χ2n) is 8.34. The smallest absolute Gasteiger partial charge is 0.322 e. The van der Waals surface area contributed by atoms with Crippen molar-refractivity contribution >= 4 is 21.9 Å². The first-order valence-corrected chi connectivity index (χ1v) is 12.5. The summed E-state index contributed by atoms with van der Waals surface area (Å²) in [5, 5.41) is 10.4. The highest BCUT2D eigenvalue weighted by molar-refractivity contribution is 7.89. The van der Waals surface area contributed by atoms with Gasteiger partial charge in [0.2, 0.25) is 15.9 Å². The zero-order chi connectivity index (χ0) is 23.7. The molecule has 0 atom stereocenters. The summed E-state index contributed by atoms with van der Waals surface area (Å²) < 4.78 is 43.9. The van der Waals surface area contributed by atoms with Gasteiger partial charge in [0.15, 0.2) is 11.5 Å². The molecule has 2 aliphatic heterocycles. The Morgan fingerprint density at radius 3 is 2.44 bits per heavy atom. The third-order valence-electron chi connectivity index (χ3n) is 5.93. The van der Waals surface area contributed by atoms with E-state index in [1.165, 1.54) is 28.6 Å². The molecule has 2 aliphatic rings. The van der Waals surface area contributed by atoms with Crippen molar-refractivity contribution in [3.63, 3.8) is 0 Å². The number of amides is 1. The van der Waals surface area contributed by atoms with E-state index in [-0.39, 0.29) is 22.4 Å². The Balaban J connectivity index is 1.26. The van der Waals surface area contributed by atoms with E-state index in [4.69, 9.17) is 13.9 Å². The number of anilines is 1. The van der Waals surface area contributed by atoms with Crippen molar-refractivity contribution in [2.75, 3.05) is 31.6 Å². The van der Waals surface area contributed by atoms with Gasteiger partial charge in [-0.2, -0.15) is 4.31 Å². The van der Waals surface area contributed by atoms with E-state index in [1.807, 2.05) is 0 Å². The van der Waals surface area contributed by atoms with E-state index in [2.05, 4.69) is 22.4 Å². The fraction of sp³-hybridized carbons (Fsp3) is 0.348. The van der Waals surface area contributed by atoms with Crippen molar-refractivity contribution in [3.8, 4) is 23.0 Å². The predicted molar refractivity (Wildman–Crippen MR) is 122 cm³/mol. The Labute approximate surface area is 196 Å². The Morgan fingerprint density at radius 1 is 1.00 bits per heavy atom. The van der Waals surface area contributed by atoms with E-state index in [9.17, 15) is 13.2 Å². The lowest BCUT2D eigenvalue weighted by Gasteiger charge is -2.29. The first kappa shape index (κ1) is 22.4. The maximum Gasteiger partial charge on any atom is 0.322 e. The van der Waals surface area contributed by atoms with Crippen LogP contribution in [0.3, 0.4) is 0 Å². The summed E-state index contributed by atoms with van der Waals surface area (Å²) in [6.07, 6.45) is 1.69. The van der Waals surface area contributed by atoms with Gasteiger partial charge in [-0.1, -0.05) is 12.0 Å². The maximum absolute atomic E-state index is 12.9. The van der Waals surface area contributed by atoms with Crippen molar-refractivity contribution in [1.82, 2.24) is 14.5 Å². The molecule has 1 fully saturated rings. The largest absolute Gasteiger partial charge is 0.486 e. The number of sulfonamides is 1. The first-order valence-electron chi connectivity index (χ1n) is 11.1. The average molecular weight is 485 g/mol. The summed E-state index contributed by atoms with van der Waals surface area (Å²) in [6.45, 7) is 4.09. The van der Waals surface area contributed by atoms with Crippen LogP contribution in [-0.2, 0) is 10.0 Å². The van der Waals surface area contributed by atoms with E-state index >= 15 is 0 Å². The van der Waals surface area contributed by atoms with E-state index in [0.717, 1.165) is 12.8 Å². The average Bonchev–Trinajstić information content (AvgIpc) is 3.32. The monoisotopic (exact) mass is 484 g/mol. The van der Waals surface area contributed by atoms with Crippen LogP contribution < -0.4 is 14.8 Å². The lowest BCUT2D eigenvalue weighted by molar-refractivity contribution is 0.102. The second-order valence-corrected chi connectivity index (χ2v) is 10.3. The quantitative estimate of drug-likeness (QED) is 0.586. The van der Waals surface area contributed by atoms with E-state index in [1.54, 1.807) is 18.2 Å². The van der Waals surface area contributed by atoms with Crippen molar-refractivity contribution in [2.24, 2.45) is 5.92 Å². The molecule has 3 heterocycles. The number of rotatable bonds is 5. The number of ether oxygens (including phenoxy) is 2. The molecule has 10 nitrogen and oxygen atoms in total. The van der Waals surface area contributed by atoms with Gasteiger partial charge in [-0.15, -0.1) is 5.10 Å². The molecule has 11 heteroatoms. The molecule has 0 bridgehead atoms. The van der Waals surface area contributed by atoms with Crippen LogP contribution in [0, 0.1) is 5.92 Å². The molecule has 2 aromatic carbocycles. The molecular weight excluding hydrogens is 460 g/mol. The molecule has 1 amide bonds. The van der Waals surface area contributed by atoms with Gasteiger partial charge in [0, 0.05) is 24.2 Å². The number of aromatic nitrogens is 2. The molecule has 1 saturated heterocycles. The van der Waals surface area contributed by atoms with Crippen LogP contribution >= 0.6 is 0 Å². The number of carbonyl (C=O) groups is 1. The maximum atomic E-state index is 12.9. The van der Waals surface area contributed by atoms with Gasteiger partial charge < -0.3 is 13.9 Å². The lowest BCUT2D eigenvalue weighted by Crippen LogP contribution is -2.37. The zero-order valence-electron chi connectivity index (χ0n) is 18.6. The fourth-order valence-electron chi connectivity index (χ4n) is 3.89. The molecule has 1 aromatic heterocycles. The minimum atomic E-state index is -3.58. The van der Waals surface area contributed by atoms with Crippen LogP contribution in [0.2, 0.25) is 0 Å². The molecule has 0 spiro atoms. The van der Waals surface area contributed by atoms with Crippen LogP contribution in [-0.4, -0.2) is 55.1 Å². The second kappa shape index (κ2) is 9.07. The minimum absolute atomic E-state index is 0.0750. The van der Waals surface area contributed by atoms with Gasteiger partial charge in [-0.05, 0) is 61.2 Å². The van der Waals surface area contributed by atoms with Crippen molar-refractivity contribution in [2.45, 2.75) is 24.7 Å². The molecule has 0 saturated carbocycles. The van der Waals surface area contributed by atoms with Crippen LogP contribution in [0.25, 0.3) is 11.5 Å². The number of nitrogens with zero attached hydrogens (tertiary/aromatic N) is 3. The number of carbonyl (C=O) groups excluding carboxylic acids is 1. The van der Waals surface area contributed by atoms with Gasteiger partial charge in [0.25, 0.3) is 5.91 Å². The number of nitrogens with one attached hydrogen (secondary N) is 1. The number of piperidine rings is 1. The lowest BCUT2D eigenvalue weighted by atomic mass is 10.0. The fourth-order valence-corrected chi connectivity index (χ4v) is 5.36. The summed E-state index contributed by atoms with van der Waals surface area (Å²) >= 11 is 0. The SMILES string of the molecule is CC1CCN(S(=O)(=O)c2ccc(C(=O)Nc3nnc(-c4ccc5c(c4)OCCO5)o3)cc2)CC1. The topological polar surface area (TPSA) is 124 Å². The van der Waals surface area contributed by atoms with Gasteiger partial charge >= 0.3 is 6.01 Å². The molecule has 0 aliphatic carbocycles. The Morgan fingerprint density at radius 2 is 1.71 bits per heavy atom. The zero-order valence-corrected chi connectivity index (χ0v) is 19.4. The summed E-state index contributed by atoms with van der Waals surface area (Å²) in [7, 11) is -3.58. The summed E-state index contributed by atoms with van der Waals surface area (Å²) in [5.41, 5.74) is 0.893. The molecule has 34 heavy (non-hydrogen) atoms. The Hall–Kier alpha value is -3.44. The molecule has 0 radical (unpaired) electrons. The highest BCUT2D eigenvalue weighted by Gasteiger charge is 2.28. The van der Waals surface area contributed by atoms with Crippen molar-refractivity contribution in [3.05, 3.63) is 48.0 Å². The highest BCUT2D eigenvalue weighted by atomic mass is 32.2. The predicted octanol–water partition coefficient (Wildman–Crippen LogP) is 3.18. The van der Waals surface area contributed by atoms with Crippen LogP contribution in [0.5, 0.6) is 11.5 Å². The number of hydrogen-bond donors (Lipinski definition) is 1. The third kappa shape index (κ3) is 4.48. The number of fused-ring (bicyclic) bond motifs is 1. The summed E-state index contributed by atoms with van der Waals surface area (Å²) in [6, 6.07) is 11.0. The Bertz CT molecular complexity index is 1300. The minimum Gasteiger partial charge on any atom is -0.486 e. The van der Waals surface area contributed by atoms with E-state index in [0.29, 0.717) is 49.3 Å². The summed E-state index contributed by atoms with van der Waals surface area (Å²) in [4.78, 5) is 12.8. The number of hydrogen-bond acceptors (Lipinski definition) is 8. The summed E-state index contributed by atoms with van der Waals surface area (Å²) in [5.74, 6) is 1.47. The molecular formula is C23H24N4O6S. The normalized spacial score (nSPS) is 16.9. The molecule has 178 valence electrons. The van der Waals surface area contributed by atoms with Crippen LogP contribution in [0.4, 0.5) is 6.01 Å². The molecule has 5 rings (SSSR count). The van der Waals surface area contributed by atoms with Gasteiger partial charge in [0.05, 0.1) is 4.90 Å². The molecule has 3 aromatic rings. The van der Waals surface area contributed by atoms with Crippen LogP contribution in [0.1, 0.15) is 30.1 Å². The Kier molecular flexibility index (Phi) is 5.96. The third-order valence-corrected chi connectivity index (χ3v) is 7.84.